The molecule has 1 amide bonds. The maximum absolute atomic E-state index is 12.3. The van der Waals surface area contributed by atoms with Gasteiger partial charge in [0, 0.05) is 23.8 Å². The molecule has 0 spiro atoms. The van der Waals surface area contributed by atoms with E-state index < -0.39 is 4.92 Å². The summed E-state index contributed by atoms with van der Waals surface area (Å²) < 4.78 is 1.54. The van der Waals surface area contributed by atoms with Crippen LogP contribution >= 0.6 is 0 Å². The highest BCUT2D eigenvalue weighted by atomic mass is 16.6. The summed E-state index contributed by atoms with van der Waals surface area (Å²) >= 11 is 0. The van der Waals surface area contributed by atoms with Gasteiger partial charge in [0.2, 0.25) is 0 Å². The van der Waals surface area contributed by atoms with Crippen molar-refractivity contribution in [1.82, 2.24) is 9.78 Å². The summed E-state index contributed by atoms with van der Waals surface area (Å²) in [5.41, 5.74) is 1.87. The fraction of sp³-hybridized carbons (Fsp3) is 0.0588. The Kier molecular flexibility index (Phi) is 4.07. The molecule has 0 fully saturated rings. The third kappa shape index (κ3) is 3.14. The Hall–Kier alpha value is -3.48. The monoisotopic (exact) mass is 322 g/mol. The smallest absolute Gasteiger partial charge is 0.269 e. The molecule has 2 aromatic carbocycles. The standard InChI is InChI=1S/C17H14N4O3/c1-12-11-16(18-17(22)13-5-3-2-4-6-13)20(19-12)14-7-9-15(10-8-14)21(23)24/h2-11H,1H3,(H,18,22). The van der Waals surface area contributed by atoms with Crippen molar-refractivity contribution in [3.63, 3.8) is 0 Å². The van der Waals surface area contributed by atoms with Gasteiger partial charge in [0.05, 0.1) is 16.3 Å². The van der Waals surface area contributed by atoms with Crippen LogP contribution in [0.1, 0.15) is 16.1 Å². The van der Waals surface area contributed by atoms with Crippen molar-refractivity contribution >= 4 is 17.4 Å². The zero-order valence-electron chi connectivity index (χ0n) is 12.8. The first-order chi connectivity index (χ1) is 11.5. The van der Waals surface area contributed by atoms with E-state index in [-0.39, 0.29) is 11.6 Å². The summed E-state index contributed by atoms with van der Waals surface area (Å²) in [5, 5.41) is 17.9. The van der Waals surface area contributed by atoms with Gasteiger partial charge in [0.25, 0.3) is 11.6 Å². The summed E-state index contributed by atoms with van der Waals surface area (Å²) in [6.45, 7) is 1.81. The number of carbonyl (C=O) groups is 1. The van der Waals surface area contributed by atoms with Crippen molar-refractivity contribution in [2.24, 2.45) is 0 Å². The topological polar surface area (TPSA) is 90.1 Å². The van der Waals surface area contributed by atoms with Gasteiger partial charge in [-0.15, -0.1) is 0 Å². The van der Waals surface area contributed by atoms with Crippen LogP contribution in [-0.2, 0) is 0 Å². The molecule has 0 aliphatic carbocycles. The van der Waals surface area contributed by atoms with E-state index in [2.05, 4.69) is 10.4 Å². The predicted molar refractivity (Wildman–Crippen MR) is 89.4 cm³/mol. The number of nitrogens with zero attached hydrogens (tertiary/aromatic N) is 3. The van der Waals surface area contributed by atoms with Crippen LogP contribution < -0.4 is 5.32 Å². The quantitative estimate of drug-likeness (QED) is 0.589. The Bertz CT molecular complexity index is 886. The molecule has 0 aliphatic heterocycles. The van der Waals surface area contributed by atoms with E-state index in [0.29, 0.717) is 17.1 Å². The summed E-state index contributed by atoms with van der Waals surface area (Å²) in [4.78, 5) is 22.6. The van der Waals surface area contributed by atoms with Gasteiger partial charge in [-0.25, -0.2) is 4.68 Å². The van der Waals surface area contributed by atoms with Crippen LogP contribution in [0, 0.1) is 17.0 Å². The van der Waals surface area contributed by atoms with Gasteiger partial charge in [0.1, 0.15) is 5.82 Å². The number of carbonyl (C=O) groups excluding carboxylic acids is 1. The molecule has 3 aromatic rings. The van der Waals surface area contributed by atoms with E-state index in [1.54, 1.807) is 54.1 Å². The summed E-state index contributed by atoms with van der Waals surface area (Å²) in [6, 6.07) is 16.5. The molecule has 1 heterocycles. The number of nitro benzene ring substituents is 1. The molecule has 7 heteroatoms. The number of aryl methyl sites for hydroxylation is 1. The highest BCUT2D eigenvalue weighted by molar-refractivity contribution is 6.03. The summed E-state index contributed by atoms with van der Waals surface area (Å²) in [6.07, 6.45) is 0. The van der Waals surface area contributed by atoms with Gasteiger partial charge in [0.15, 0.2) is 0 Å². The van der Waals surface area contributed by atoms with Gasteiger partial charge in [-0.05, 0) is 31.2 Å². The molecule has 120 valence electrons. The second-order valence-corrected chi connectivity index (χ2v) is 5.18. The SMILES string of the molecule is Cc1cc(NC(=O)c2ccccc2)n(-c2ccc([N+](=O)[O-])cc2)n1. The van der Waals surface area contributed by atoms with Crippen molar-refractivity contribution in [1.29, 1.82) is 0 Å². The number of aromatic nitrogens is 2. The van der Waals surface area contributed by atoms with E-state index in [9.17, 15) is 14.9 Å². The second-order valence-electron chi connectivity index (χ2n) is 5.18. The van der Waals surface area contributed by atoms with E-state index in [1.165, 1.54) is 12.1 Å². The van der Waals surface area contributed by atoms with Crippen molar-refractivity contribution in [3.05, 3.63) is 82.0 Å². The largest absolute Gasteiger partial charge is 0.306 e. The molecule has 24 heavy (non-hydrogen) atoms. The molecule has 0 bridgehead atoms. The van der Waals surface area contributed by atoms with Gasteiger partial charge < -0.3 is 5.32 Å². The van der Waals surface area contributed by atoms with Crippen LogP contribution in [0.15, 0.2) is 60.7 Å². The number of hydrogen-bond donors (Lipinski definition) is 1. The van der Waals surface area contributed by atoms with Gasteiger partial charge in [-0.2, -0.15) is 5.10 Å². The lowest BCUT2D eigenvalue weighted by molar-refractivity contribution is -0.384. The minimum Gasteiger partial charge on any atom is -0.306 e. The number of nitro groups is 1. The number of nitrogens with one attached hydrogen (secondary N) is 1. The molecule has 0 saturated carbocycles. The molecule has 0 saturated heterocycles. The van der Waals surface area contributed by atoms with E-state index in [4.69, 9.17) is 0 Å². The van der Waals surface area contributed by atoms with Crippen molar-refractivity contribution in [3.8, 4) is 5.69 Å². The van der Waals surface area contributed by atoms with E-state index >= 15 is 0 Å². The van der Waals surface area contributed by atoms with Crippen molar-refractivity contribution < 1.29 is 9.72 Å². The lowest BCUT2D eigenvalue weighted by Crippen LogP contribution is -2.15. The zero-order chi connectivity index (χ0) is 17.1. The molecule has 0 radical (unpaired) electrons. The molecule has 1 aromatic heterocycles. The molecular weight excluding hydrogens is 308 g/mol. The van der Waals surface area contributed by atoms with Crippen LogP contribution in [0.5, 0.6) is 0 Å². The average Bonchev–Trinajstić information content (AvgIpc) is 2.96. The van der Waals surface area contributed by atoms with Gasteiger partial charge >= 0.3 is 0 Å². The normalized spacial score (nSPS) is 10.4. The minimum atomic E-state index is -0.462. The molecule has 0 unspecified atom stereocenters. The number of amides is 1. The number of hydrogen-bond acceptors (Lipinski definition) is 4. The summed E-state index contributed by atoms with van der Waals surface area (Å²) in [7, 11) is 0. The number of non-ortho nitro benzene ring substituents is 1. The first-order valence-corrected chi connectivity index (χ1v) is 7.22. The van der Waals surface area contributed by atoms with Crippen LogP contribution in [0.25, 0.3) is 5.69 Å². The number of rotatable bonds is 4. The lowest BCUT2D eigenvalue weighted by Gasteiger charge is -2.09. The lowest BCUT2D eigenvalue weighted by atomic mass is 10.2. The molecule has 1 N–H and O–H groups in total. The van der Waals surface area contributed by atoms with Crippen molar-refractivity contribution in [2.45, 2.75) is 6.92 Å². The minimum absolute atomic E-state index is 0.00232. The van der Waals surface area contributed by atoms with E-state index in [0.717, 1.165) is 5.69 Å². The second kappa shape index (κ2) is 6.33. The Labute approximate surface area is 137 Å². The third-order valence-corrected chi connectivity index (χ3v) is 3.41. The average molecular weight is 322 g/mol. The fourth-order valence-electron chi connectivity index (χ4n) is 2.28. The highest BCUT2D eigenvalue weighted by Crippen LogP contribution is 2.20. The van der Waals surface area contributed by atoms with E-state index in [1.807, 2.05) is 6.07 Å². The van der Waals surface area contributed by atoms with Crippen LogP contribution in [0.4, 0.5) is 11.5 Å². The Balaban J connectivity index is 1.90. The summed E-state index contributed by atoms with van der Waals surface area (Å²) in [5.74, 6) is 0.244. The maximum Gasteiger partial charge on any atom is 0.269 e. The van der Waals surface area contributed by atoms with Gasteiger partial charge in [-0.1, -0.05) is 18.2 Å². The molecule has 7 nitrogen and oxygen atoms in total. The first kappa shape index (κ1) is 15.4. The highest BCUT2D eigenvalue weighted by Gasteiger charge is 2.13. The Morgan fingerprint density at radius 2 is 1.79 bits per heavy atom. The van der Waals surface area contributed by atoms with Crippen LogP contribution in [0.2, 0.25) is 0 Å². The Morgan fingerprint density at radius 3 is 2.42 bits per heavy atom. The maximum atomic E-state index is 12.3. The molecule has 0 aliphatic rings. The molecule has 3 rings (SSSR count). The molecule has 0 atom stereocenters. The first-order valence-electron chi connectivity index (χ1n) is 7.22. The zero-order valence-corrected chi connectivity index (χ0v) is 12.8. The predicted octanol–water partition coefficient (Wildman–Crippen LogP) is 3.34. The molecular formula is C17H14N4O3. The van der Waals surface area contributed by atoms with Crippen molar-refractivity contribution in [2.75, 3.05) is 5.32 Å². The van der Waals surface area contributed by atoms with Crippen LogP contribution in [0.3, 0.4) is 0 Å². The van der Waals surface area contributed by atoms with Crippen LogP contribution in [-0.4, -0.2) is 20.6 Å². The fourth-order valence-corrected chi connectivity index (χ4v) is 2.28. The number of benzene rings is 2. The van der Waals surface area contributed by atoms with Gasteiger partial charge in [-0.3, -0.25) is 14.9 Å². The third-order valence-electron chi connectivity index (χ3n) is 3.41. The number of anilines is 1. The Morgan fingerprint density at radius 1 is 1.12 bits per heavy atom.